The van der Waals surface area contributed by atoms with Crippen molar-refractivity contribution in [2.24, 2.45) is 0 Å². The number of para-hydroxylation sites is 4. The fourth-order valence-corrected chi connectivity index (χ4v) is 3.99. The maximum absolute atomic E-state index is 2.45. The second kappa shape index (κ2) is 4.39. The van der Waals surface area contributed by atoms with Crippen LogP contribution in [0, 0.1) is 0 Å². The van der Waals surface area contributed by atoms with Crippen LogP contribution in [0.3, 0.4) is 0 Å². The summed E-state index contributed by atoms with van der Waals surface area (Å²) in [6.07, 6.45) is 0. The second-order valence-electron chi connectivity index (χ2n) is 6.48. The minimum absolute atomic E-state index is 0.411. The van der Waals surface area contributed by atoms with Crippen LogP contribution in [0.2, 0.25) is 0 Å². The van der Waals surface area contributed by atoms with E-state index in [-0.39, 0.29) is 0 Å². The van der Waals surface area contributed by atoms with Gasteiger partial charge in [0.1, 0.15) is 0 Å². The van der Waals surface area contributed by atoms with E-state index in [0.717, 1.165) is 0 Å². The van der Waals surface area contributed by atoms with Crippen molar-refractivity contribution in [1.82, 2.24) is 4.57 Å². The van der Waals surface area contributed by atoms with Gasteiger partial charge in [0.05, 0.1) is 28.1 Å². The van der Waals surface area contributed by atoms with Crippen molar-refractivity contribution >= 4 is 33.2 Å². The van der Waals surface area contributed by atoms with Crippen LogP contribution in [0.5, 0.6) is 0 Å². The molecule has 4 aromatic rings. The lowest BCUT2D eigenvalue weighted by molar-refractivity contribution is 0.781. The highest BCUT2D eigenvalue weighted by Gasteiger charge is 2.27. The van der Waals surface area contributed by atoms with Crippen molar-refractivity contribution < 1.29 is 0 Å². The van der Waals surface area contributed by atoms with Gasteiger partial charge in [-0.25, -0.2) is 0 Å². The quantitative estimate of drug-likeness (QED) is 0.441. The Morgan fingerprint density at radius 3 is 2.13 bits per heavy atom. The lowest BCUT2D eigenvalue weighted by Crippen LogP contribution is -2.29. The summed E-state index contributed by atoms with van der Waals surface area (Å²) in [4.78, 5) is 2.45. The number of aromatic nitrogens is 1. The zero-order valence-corrected chi connectivity index (χ0v) is 13.3. The number of rotatable bonds is 1. The SMILES string of the molecule is CC(C)N1c2ccccc2-n2c3ccccc3c3cccc1c32. The monoisotopic (exact) mass is 298 g/mol. The molecule has 0 saturated heterocycles. The maximum atomic E-state index is 2.45. The molecule has 0 spiro atoms. The Balaban J connectivity index is 2.07. The summed E-state index contributed by atoms with van der Waals surface area (Å²) in [7, 11) is 0. The first kappa shape index (κ1) is 12.8. The lowest BCUT2D eigenvalue weighted by atomic mass is 10.1. The van der Waals surface area contributed by atoms with E-state index in [9.17, 15) is 0 Å². The largest absolute Gasteiger partial charge is 0.335 e. The molecule has 23 heavy (non-hydrogen) atoms. The molecule has 3 aromatic carbocycles. The van der Waals surface area contributed by atoms with Crippen LogP contribution in [-0.4, -0.2) is 10.6 Å². The van der Waals surface area contributed by atoms with Crippen LogP contribution in [-0.2, 0) is 0 Å². The maximum Gasteiger partial charge on any atom is 0.0779 e. The van der Waals surface area contributed by atoms with Crippen LogP contribution in [0.4, 0.5) is 11.4 Å². The molecule has 2 nitrogen and oxygen atoms in total. The van der Waals surface area contributed by atoms with Gasteiger partial charge in [-0.3, -0.25) is 0 Å². The summed E-state index contributed by atoms with van der Waals surface area (Å²) in [5, 5.41) is 2.66. The highest BCUT2D eigenvalue weighted by Crippen LogP contribution is 2.46. The van der Waals surface area contributed by atoms with E-state index >= 15 is 0 Å². The van der Waals surface area contributed by atoms with Gasteiger partial charge in [0.2, 0.25) is 0 Å². The molecule has 1 aromatic heterocycles. The Bertz CT molecular complexity index is 1060. The van der Waals surface area contributed by atoms with Crippen LogP contribution < -0.4 is 4.90 Å². The molecule has 0 aliphatic carbocycles. The molecule has 0 amide bonds. The first-order valence-electron chi connectivity index (χ1n) is 8.18. The van der Waals surface area contributed by atoms with Gasteiger partial charge in [0.25, 0.3) is 0 Å². The summed E-state index contributed by atoms with van der Waals surface area (Å²) >= 11 is 0. The third-order valence-electron chi connectivity index (χ3n) is 4.83. The van der Waals surface area contributed by atoms with Gasteiger partial charge in [0, 0.05) is 16.8 Å². The fraction of sp³-hybridized carbons (Fsp3) is 0.143. The number of fused-ring (bicyclic) bond motifs is 5. The number of benzene rings is 3. The molecule has 112 valence electrons. The molecule has 0 bridgehead atoms. The summed E-state index contributed by atoms with van der Waals surface area (Å²) in [6, 6.07) is 24.5. The Morgan fingerprint density at radius 2 is 1.30 bits per heavy atom. The predicted octanol–water partition coefficient (Wildman–Crippen LogP) is 5.64. The summed E-state index contributed by atoms with van der Waals surface area (Å²) < 4.78 is 2.42. The molecule has 0 saturated carbocycles. The van der Waals surface area contributed by atoms with Gasteiger partial charge in [-0.15, -0.1) is 0 Å². The van der Waals surface area contributed by atoms with Crippen molar-refractivity contribution in [1.29, 1.82) is 0 Å². The zero-order chi connectivity index (χ0) is 15.6. The van der Waals surface area contributed by atoms with Gasteiger partial charge in [-0.2, -0.15) is 0 Å². The first-order chi connectivity index (χ1) is 11.3. The van der Waals surface area contributed by atoms with Crippen LogP contribution >= 0.6 is 0 Å². The van der Waals surface area contributed by atoms with E-state index in [1.807, 2.05) is 0 Å². The van der Waals surface area contributed by atoms with E-state index in [4.69, 9.17) is 0 Å². The molecule has 2 heteroatoms. The van der Waals surface area contributed by atoms with Crippen molar-refractivity contribution in [3.05, 3.63) is 66.7 Å². The van der Waals surface area contributed by atoms with Crippen molar-refractivity contribution in [2.45, 2.75) is 19.9 Å². The van der Waals surface area contributed by atoms with Crippen LogP contribution in [0.25, 0.3) is 27.5 Å². The average molecular weight is 298 g/mol. The zero-order valence-electron chi connectivity index (χ0n) is 13.3. The third-order valence-corrected chi connectivity index (χ3v) is 4.83. The van der Waals surface area contributed by atoms with Crippen LogP contribution in [0.1, 0.15) is 13.8 Å². The molecule has 0 N–H and O–H groups in total. The Morgan fingerprint density at radius 1 is 0.652 bits per heavy atom. The minimum atomic E-state index is 0.411. The van der Waals surface area contributed by atoms with Gasteiger partial charge >= 0.3 is 0 Å². The number of nitrogens with zero attached hydrogens (tertiary/aromatic N) is 2. The van der Waals surface area contributed by atoms with Gasteiger partial charge in [-0.1, -0.05) is 42.5 Å². The number of anilines is 2. The first-order valence-corrected chi connectivity index (χ1v) is 8.18. The van der Waals surface area contributed by atoms with Gasteiger partial charge in [0.15, 0.2) is 0 Å². The summed E-state index contributed by atoms with van der Waals surface area (Å²) in [5.74, 6) is 0. The second-order valence-corrected chi connectivity index (χ2v) is 6.48. The molecular formula is C21H18N2. The molecule has 2 heterocycles. The molecule has 1 aliphatic rings. The Labute approximate surface area is 135 Å². The van der Waals surface area contributed by atoms with Crippen LogP contribution in [0.15, 0.2) is 66.7 Å². The number of hydrogen-bond acceptors (Lipinski definition) is 1. The average Bonchev–Trinajstić information content (AvgIpc) is 2.92. The van der Waals surface area contributed by atoms with Gasteiger partial charge < -0.3 is 9.47 Å². The van der Waals surface area contributed by atoms with E-state index in [1.54, 1.807) is 0 Å². The van der Waals surface area contributed by atoms with E-state index in [0.29, 0.717) is 6.04 Å². The minimum Gasteiger partial charge on any atom is -0.335 e. The van der Waals surface area contributed by atoms with E-state index in [1.165, 1.54) is 38.9 Å². The van der Waals surface area contributed by atoms with E-state index in [2.05, 4.69) is 90.0 Å². The summed E-state index contributed by atoms with van der Waals surface area (Å²) in [5.41, 5.74) is 6.45. The van der Waals surface area contributed by atoms with Crippen molar-refractivity contribution in [2.75, 3.05) is 4.90 Å². The molecule has 5 rings (SSSR count). The van der Waals surface area contributed by atoms with Crippen molar-refractivity contribution in [3.8, 4) is 5.69 Å². The smallest absolute Gasteiger partial charge is 0.0779 e. The Hall–Kier alpha value is -2.74. The standard InChI is InChI=1S/C21H18N2/c1-14(2)22-18-11-5-6-12-19(18)23-17-10-4-3-8-15(17)16-9-7-13-20(22)21(16)23/h3-14H,1-2H3. The van der Waals surface area contributed by atoms with Gasteiger partial charge in [-0.05, 0) is 38.1 Å². The van der Waals surface area contributed by atoms with Crippen molar-refractivity contribution in [3.63, 3.8) is 0 Å². The molecular weight excluding hydrogens is 280 g/mol. The molecule has 0 radical (unpaired) electrons. The third kappa shape index (κ3) is 1.53. The molecule has 0 atom stereocenters. The molecule has 1 aliphatic heterocycles. The van der Waals surface area contributed by atoms with E-state index < -0.39 is 0 Å². The molecule has 0 fully saturated rings. The normalized spacial score (nSPS) is 13.1. The topological polar surface area (TPSA) is 8.17 Å². The highest BCUT2D eigenvalue weighted by atomic mass is 15.2. The lowest BCUT2D eigenvalue weighted by Gasteiger charge is -2.35. The fourth-order valence-electron chi connectivity index (χ4n) is 3.99. The highest BCUT2D eigenvalue weighted by molar-refractivity contribution is 6.15. The number of hydrogen-bond donors (Lipinski definition) is 0. The summed E-state index contributed by atoms with van der Waals surface area (Å²) in [6.45, 7) is 4.52. The molecule has 0 unspecified atom stereocenters. The predicted molar refractivity (Wildman–Crippen MR) is 98.1 cm³/mol. The Kier molecular flexibility index (Phi) is 2.44.